The molecule has 0 fully saturated rings. The predicted octanol–water partition coefficient (Wildman–Crippen LogP) is 7.87. The van der Waals surface area contributed by atoms with E-state index >= 15 is 0 Å². The van der Waals surface area contributed by atoms with Crippen molar-refractivity contribution in [1.29, 1.82) is 0 Å². The Morgan fingerprint density at radius 1 is 0.838 bits per heavy atom. The summed E-state index contributed by atoms with van der Waals surface area (Å²) in [6.45, 7) is 0. The van der Waals surface area contributed by atoms with Gasteiger partial charge in [-0.1, -0.05) is 64.5 Å². The second kappa shape index (κ2) is 9.72. The highest BCUT2D eigenvalue weighted by molar-refractivity contribution is 9.10. The number of hydrogen-bond donors (Lipinski definition) is 2. The number of fused-ring (bicyclic) bond motifs is 3. The summed E-state index contributed by atoms with van der Waals surface area (Å²) in [4.78, 5) is 0.246. The lowest BCUT2D eigenvalue weighted by atomic mass is 9.77. The average Bonchev–Trinajstić information content (AvgIpc) is 3.41. The van der Waals surface area contributed by atoms with Crippen molar-refractivity contribution in [2.75, 3.05) is 10.0 Å². The van der Waals surface area contributed by atoms with E-state index in [-0.39, 0.29) is 16.9 Å². The van der Waals surface area contributed by atoms with E-state index in [2.05, 4.69) is 56.3 Å². The zero-order valence-corrected chi connectivity index (χ0v) is 22.2. The molecule has 2 N–H and O–H groups in total. The standard InChI is InChI=1S/C30H25BrN2O3S/c31-28-12-5-4-9-26(28)30-25-11-6-10-24(25)27-19-23(17-18-29(27)32-30)37(34,35)33-20-13-15-22(16-14-20)36-21-7-2-1-3-8-21/h1-10,12-19,24-25,30,32-33H,11H2/t24-,25+,30-/m0/s1. The molecule has 7 heteroatoms. The first-order chi connectivity index (χ1) is 18.0. The molecule has 37 heavy (non-hydrogen) atoms. The third kappa shape index (κ3) is 4.77. The molecule has 1 aliphatic heterocycles. The predicted molar refractivity (Wildman–Crippen MR) is 151 cm³/mol. The van der Waals surface area contributed by atoms with Crippen LogP contribution in [0.3, 0.4) is 0 Å². The van der Waals surface area contributed by atoms with Crippen LogP contribution >= 0.6 is 15.9 Å². The van der Waals surface area contributed by atoms with Crippen LogP contribution in [0.4, 0.5) is 11.4 Å². The number of allylic oxidation sites excluding steroid dienone is 2. The molecule has 2 aliphatic rings. The van der Waals surface area contributed by atoms with Crippen LogP contribution in [-0.2, 0) is 10.0 Å². The minimum atomic E-state index is -3.77. The molecule has 0 unspecified atom stereocenters. The first-order valence-corrected chi connectivity index (χ1v) is 14.4. The van der Waals surface area contributed by atoms with Gasteiger partial charge < -0.3 is 10.1 Å². The van der Waals surface area contributed by atoms with Gasteiger partial charge in [-0.25, -0.2) is 8.42 Å². The average molecular weight is 574 g/mol. The van der Waals surface area contributed by atoms with Crippen LogP contribution in [0.5, 0.6) is 11.5 Å². The Labute approximate surface area is 225 Å². The number of rotatable bonds is 6. The summed E-state index contributed by atoms with van der Waals surface area (Å²) in [5.74, 6) is 1.82. The molecule has 0 amide bonds. The minimum absolute atomic E-state index is 0.139. The molecule has 6 rings (SSSR count). The van der Waals surface area contributed by atoms with Crippen LogP contribution in [0.15, 0.2) is 119 Å². The van der Waals surface area contributed by atoms with Crippen LogP contribution in [0.1, 0.15) is 29.5 Å². The van der Waals surface area contributed by atoms with Crippen LogP contribution in [0.2, 0.25) is 0 Å². The third-order valence-corrected chi connectivity index (χ3v) is 9.07. The summed E-state index contributed by atoms with van der Waals surface area (Å²) < 4.78 is 36.2. The molecule has 0 spiro atoms. The summed E-state index contributed by atoms with van der Waals surface area (Å²) in [6, 6.07) is 30.1. The Bertz CT molecular complexity index is 1570. The molecule has 186 valence electrons. The lowest BCUT2D eigenvalue weighted by Crippen LogP contribution is -2.29. The molecule has 4 aromatic carbocycles. The lowest BCUT2D eigenvalue weighted by molar-refractivity contribution is 0.424. The summed E-state index contributed by atoms with van der Waals surface area (Å²) in [5.41, 5.74) is 3.67. The maximum atomic E-state index is 13.3. The first kappa shape index (κ1) is 23.8. The topological polar surface area (TPSA) is 67.4 Å². The first-order valence-electron chi connectivity index (χ1n) is 12.2. The zero-order chi connectivity index (χ0) is 25.4. The molecule has 0 saturated heterocycles. The van der Waals surface area contributed by atoms with Crippen molar-refractivity contribution in [2.45, 2.75) is 23.3 Å². The Balaban J connectivity index is 1.24. The zero-order valence-electron chi connectivity index (χ0n) is 19.8. The van der Waals surface area contributed by atoms with E-state index in [4.69, 9.17) is 4.74 Å². The van der Waals surface area contributed by atoms with E-state index in [1.54, 1.807) is 36.4 Å². The number of nitrogens with one attached hydrogen (secondary N) is 2. The van der Waals surface area contributed by atoms with Gasteiger partial charge in [-0.05, 0) is 84.1 Å². The fourth-order valence-corrected chi connectivity index (χ4v) is 6.83. The Kier molecular flexibility index (Phi) is 6.26. The molecular formula is C30H25BrN2O3S. The van der Waals surface area contributed by atoms with E-state index in [1.807, 2.05) is 42.5 Å². The highest BCUT2D eigenvalue weighted by Gasteiger charge is 2.39. The van der Waals surface area contributed by atoms with Crippen molar-refractivity contribution in [1.82, 2.24) is 0 Å². The number of anilines is 2. The van der Waals surface area contributed by atoms with Crippen molar-refractivity contribution >= 4 is 37.3 Å². The number of sulfonamides is 1. The van der Waals surface area contributed by atoms with E-state index in [9.17, 15) is 8.42 Å². The number of ether oxygens (including phenoxy) is 1. The fourth-order valence-electron chi connectivity index (χ4n) is 5.20. The van der Waals surface area contributed by atoms with Crippen LogP contribution in [0.25, 0.3) is 0 Å². The highest BCUT2D eigenvalue weighted by Crippen LogP contribution is 2.51. The summed E-state index contributed by atoms with van der Waals surface area (Å²) in [7, 11) is -3.77. The van der Waals surface area contributed by atoms with E-state index in [0.29, 0.717) is 17.4 Å². The largest absolute Gasteiger partial charge is 0.457 e. The van der Waals surface area contributed by atoms with Crippen LogP contribution in [-0.4, -0.2) is 8.42 Å². The maximum Gasteiger partial charge on any atom is 0.261 e. The van der Waals surface area contributed by atoms with Gasteiger partial charge in [-0.15, -0.1) is 0 Å². The number of benzene rings is 4. The van der Waals surface area contributed by atoms with Gasteiger partial charge >= 0.3 is 0 Å². The van der Waals surface area contributed by atoms with Crippen molar-refractivity contribution in [3.8, 4) is 11.5 Å². The van der Waals surface area contributed by atoms with E-state index in [1.165, 1.54) is 5.56 Å². The Hall–Kier alpha value is -3.55. The number of halogens is 1. The molecule has 0 bridgehead atoms. The maximum absolute atomic E-state index is 13.3. The molecule has 3 atom stereocenters. The molecule has 1 aliphatic carbocycles. The second-order valence-electron chi connectivity index (χ2n) is 9.29. The molecule has 4 aromatic rings. The smallest absolute Gasteiger partial charge is 0.261 e. The monoisotopic (exact) mass is 572 g/mol. The fraction of sp³-hybridized carbons (Fsp3) is 0.133. The molecular weight excluding hydrogens is 548 g/mol. The quantitative estimate of drug-likeness (QED) is 0.231. The van der Waals surface area contributed by atoms with E-state index < -0.39 is 10.0 Å². The van der Waals surface area contributed by atoms with Gasteiger partial charge in [0.05, 0.1) is 10.9 Å². The van der Waals surface area contributed by atoms with E-state index in [0.717, 1.165) is 27.9 Å². The normalized spacial score (nSPS) is 20.0. The Morgan fingerprint density at radius 3 is 2.35 bits per heavy atom. The summed E-state index contributed by atoms with van der Waals surface area (Å²) in [6.07, 6.45) is 5.35. The Morgan fingerprint density at radius 2 is 1.57 bits per heavy atom. The van der Waals surface area contributed by atoms with Crippen LogP contribution in [0, 0.1) is 5.92 Å². The SMILES string of the molecule is O=S(=O)(Nc1ccc(Oc2ccccc2)cc1)c1ccc2c(c1)[C@H]1C=CC[C@H]1[C@@H](c1ccccc1Br)N2. The van der Waals surface area contributed by atoms with Crippen LogP contribution < -0.4 is 14.8 Å². The molecule has 0 radical (unpaired) electrons. The second-order valence-corrected chi connectivity index (χ2v) is 11.8. The summed E-state index contributed by atoms with van der Waals surface area (Å²) >= 11 is 3.70. The van der Waals surface area contributed by atoms with Gasteiger partial charge in [-0.3, -0.25) is 4.72 Å². The van der Waals surface area contributed by atoms with Gasteiger partial charge in [0.1, 0.15) is 11.5 Å². The van der Waals surface area contributed by atoms with Gasteiger partial charge in [0.2, 0.25) is 0 Å². The third-order valence-electron chi connectivity index (χ3n) is 6.97. The molecule has 1 heterocycles. The van der Waals surface area contributed by atoms with Crippen molar-refractivity contribution in [3.63, 3.8) is 0 Å². The minimum Gasteiger partial charge on any atom is -0.457 e. The van der Waals surface area contributed by atoms with Crippen molar-refractivity contribution < 1.29 is 13.2 Å². The summed E-state index contributed by atoms with van der Waals surface area (Å²) in [5, 5.41) is 3.68. The van der Waals surface area contributed by atoms with Gasteiger partial charge in [-0.2, -0.15) is 0 Å². The van der Waals surface area contributed by atoms with Gasteiger partial charge in [0, 0.05) is 21.8 Å². The molecule has 0 saturated carbocycles. The lowest BCUT2D eigenvalue weighted by Gasteiger charge is -2.38. The number of hydrogen-bond acceptors (Lipinski definition) is 4. The van der Waals surface area contributed by atoms with Gasteiger partial charge in [0.25, 0.3) is 10.0 Å². The molecule has 5 nitrogen and oxygen atoms in total. The number of para-hydroxylation sites is 1. The van der Waals surface area contributed by atoms with Gasteiger partial charge in [0.15, 0.2) is 0 Å². The van der Waals surface area contributed by atoms with Crippen molar-refractivity contribution in [2.24, 2.45) is 5.92 Å². The highest BCUT2D eigenvalue weighted by atomic mass is 79.9. The molecule has 0 aromatic heterocycles. The van der Waals surface area contributed by atoms with Crippen molar-refractivity contribution in [3.05, 3.63) is 125 Å².